The van der Waals surface area contributed by atoms with Gasteiger partial charge in [0.25, 0.3) is 5.91 Å². The number of hydrogen-bond acceptors (Lipinski definition) is 3. The zero-order valence-electron chi connectivity index (χ0n) is 12.0. The molecule has 0 spiro atoms. The summed E-state index contributed by atoms with van der Waals surface area (Å²) in [6.45, 7) is 1.05. The van der Waals surface area contributed by atoms with Gasteiger partial charge in [0.1, 0.15) is 12.4 Å². The molecule has 0 saturated carbocycles. The molecular formula is C16H14F3NO3. The molecule has 0 N–H and O–H groups in total. The summed E-state index contributed by atoms with van der Waals surface area (Å²) in [4.78, 5) is 13.9. The molecule has 1 atom stereocenters. The number of hydrogen-bond donors (Lipinski definition) is 0. The number of alkyl halides is 3. The van der Waals surface area contributed by atoms with Crippen LogP contribution in [-0.4, -0.2) is 30.5 Å². The van der Waals surface area contributed by atoms with Gasteiger partial charge in [-0.3, -0.25) is 4.79 Å². The third-order valence-electron chi connectivity index (χ3n) is 3.73. The summed E-state index contributed by atoms with van der Waals surface area (Å²) >= 11 is 0. The molecule has 1 saturated heterocycles. The minimum absolute atomic E-state index is 0.182. The number of nitrogens with zero attached hydrogens (tertiary/aromatic N) is 1. The highest BCUT2D eigenvalue weighted by Crippen LogP contribution is 2.31. The van der Waals surface area contributed by atoms with Crippen LogP contribution in [0.5, 0.6) is 0 Å². The van der Waals surface area contributed by atoms with E-state index in [4.69, 9.17) is 9.15 Å². The summed E-state index contributed by atoms with van der Waals surface area (Å²) in [7, 11) is 0. The van der Waals surface area contributed by atoms with E-state index >= 15 is 0 Å². The van der Waals surface area contributed by atoms with Crippen LogP contribution in [0, 0.1) is 0 Å². The van der Waals surface area contributed by atoms with Crippen molar-refractivity contribution < 1.29 is 27.1 Å². The number of amides is 1. The minimum atomic E-state index is -4.37. The van der Waals surface area contributed by atoms with Gasteiger partial charge in [0.2, 0.25) is 0 Å². The van der Waals surface area contributed by atoms with Crippen molar-refractivity contribution in [2.75, 3.05) is 19.7 Å². The van der Waals surface area contributed by atoms with Gasteiger partial charge in [-0.1, -0.05) is 12.1 Å². The largest absolute Gasteiger partial charge is 0.472 e. The quantitative estimate of drug-likeness (QED) is 0.848. The van der Waals surface area contributed by atoms with Crippen molar-refractivity contribution in [1.29, 1.82) is 0 Å². The predicted molar refractivity (Wildman–Crippen MR) is 74.7 cm³/mol. The van der Waals surface area contributed by atoms with Crippen molar-refractivity contribution in [1.82, 2.24) is 4.90 Å². The first-order chi connectivity index (χ1) is 10.9. The van der Waals surface area contributed by atoms with Crippen LogP contribution in [0.15, 0.2) is 47.3 Å². The Balaban J connectivity index is 1.72. The van der Waals surface area contributed by atoms with Gasteiger partial charge in [-0.05, 0) is 23.8 Å². The summed E-state index contributed by atoms with van der Waals surface area (Å²) in [5.41, 5.74) is 0.351. The Morgan fingerprint density at radius 2 is 1.91 bits per heavy atom. The molecule has 1 amide bonds. The fourth-order valence-corrected chi connectivity index (χ4v) is 2.49. The van der Waals surface area contributed by atoms with Crippen molar-refractivity contribution >= 4 is 5.91 Å². The molecule has 0 bridgehead atoms. The summed E-state index contributed by atoms with van der Waals surface area (Å²) in [6.07, 6.45) is -2.02. The molecule has 3 rings (SSSR count). The second-order valence-electron chi connectivity index (χ2n) is 5.24. The van der Waals surface area contributed by atoms with Gasteiger partial charge < -0.3 is 14.1 Å². The smallest absolute Gasteiger partial charge is 0.416 e. The van der Waals surface area contributed by atoms with E-state index in [1.807, 2.05) is 0 Å². The van der Waals surface area contributed by atoms with Crippen molar-refractivity contribution in [2.45, 2.75) is 12.3 Å². The van der Waals surface area contributed by atoms with Crippen LogP contribution in [0.3, 0.4) is 0 Å². The third-order valence-corrected chi connectivity index (χ3v) is 3.73. The number of morpholine rings is 1. The van der Waals surface area contributed by atoms with Crippen LogP contribution in [0.25, 0.3) is 0 Å². The number of carbonyl (C=O) groups is 1. The molecule has 122 valence electrons. The van der Waals surface area contributed by atoms with Gasteiger partial charge in [-0.2, -0.15) is 13.2 Å². The zero-order chi connectivity index (χ0) is 16.4. The van der Waals surface area contributed by atoms with Crippen LogP contribution in [-0.2, 0) is 10.9 Å². The van der Waals surface area contributed by atoms with Crippen molar-refractivity contribution in [3.63, 3.8) is 0 Å². The maximum Gasteiger partial charge on any atom is 0.416 e. The molecule has 0 radical (unpaired) electrons. The monoisotopic (exact) mass is 325 g/mol. The van der Waals surface area contributed by atoms with Gasteiger partial charge in [0.15, 0.2) is 0 Å². The number of furan rings is 1. The van der Waals surface area contributed by atoms with Crippen LogP contribution in [0.4, 0.5) is 13.2 Å². The first-order valence-electron chi connectivity index (χ1n) is 7.05. The molecular weight excluding hydrogens is 311 g/mol. The van der Waals surface area contributed by atoms with Crippen LogP contribution in [0.1, 0.15) is 27.6 Å². The average Bonchev–Trinajstić information content (AvgIpc) is 3.08. The summed E-state index contributed by atoms with van der Waals surface area (Å²) in [6, 6.07) is 6.40. The highest BCUT2D eigenvalue weighted by molar-refractivity contribution is 5.93. The number of ether oxygens (including phenoxy) is 1. The van der Waals surface area contributed by atoms with Gasteiger partial charge >= 0.3 is 6.18 Å². The van der Waals surface area contributed by atoms with Gasteiger partial charge in [0, 0.05) is 6.54 Å². The Morgan fingerprint density at radius 3 is 2.52 bits per heavy atom. The van der Waals surface area contributed by atoms with E-state index in [0.29, 0.717) is 24.3 Å². The predicted octanol–water partition coefficient (Wildman–Crippen LogP) is 3.51. The second kappa shape index (κ2) is 6.08. The molecule has 7 heteroatoms. The topological polar surface area (TPSA) is 42.7 Å². The molecule has 1 aliphatic rings. The van der Waals surface area contributed by atoms with Crippen molar-refractivity contribution in [2.24, 2.45) is 0 Å². The SMILES string of the molecule is O=C(c1ccoc1)N1CCO[C@H](c2ccc(C(F)(F)F)cc2)C1. The lowest BCUT2D eigenvalue weighted by atomic mass is 10.0. The lowest BCUT2D eigenvalue weighted by Gasteiger charge is -2.33. The molecule has 4 nitrogen and oxygen atoms in total. The standard InChI is InChI=1S/C16H14F3NO3/c17-16(18,19)13-3-1-11(2-4-13)14-9-20(6-8-23-14)15(21)12-5-7-22-10-12/h1-5,7,10,14H,6,8-9H2/t14-/m0/s1. The fourth-order valence-electron chi connectivity index (χ4n) is 2.49. The van der Waals surface area contributed by atoms with E-state index < -0.39 is 17.8 Å². The Hall–Kier alpha value is -2.28. The second-order valence-corrected chi connectivity index (χ2v) is 5.24. The Labute approximate surface area is 130 Å². The van der Waals surface area contributed by atoms with E-state index in [9.17, 15) is 18.0 Å². The van der Waals surface area contributed by atoms with E-state index in [1.54, 1.807) is 11.0 Å². The van der Waals surface area contributed by atoms with Gasteiger partial charge in [-0.15, -0.1) is 0 Å². The number of carbonyl (C=O) groups excluding carboxylic acids is 1. The molecule has 1 aromatic carbocycles. The van der Waals surface area contributed by atoms with Crippen LogP contribution in [0.2, 0.25) is 0 Å². The van der Waals surface area contributed by atoms with Gasteiger partial charge in [0.05, 0.1) is 30.5 Å². The number of halogens is 3. The first kappa shape index (κ1) is 15.6. The molecule has 2 aromatic rings. The highest BCUT2D eigenvalue weighted by Gasteiger charge is 2.31. The highest BCUT2D eigenvalue weighted by atomic mass is 19.4. The average molecular weight is 325 g/mol. The molecule has 23 heavy (non-hydrogen) atoms. The maximum atomic E-state index is 12.6. The Bertz CT molecular complexity index is 665. The van der Waals surface area contributed by atoms with E-state index in [2.05, 4.69) is 0 Å². The zero-order valence-corrected chi connectivity index (χ0v) is 12.0. The fraction of sp³-hybridized carbons (Fsp3) is 0.312. The summed E-state index contributed by atoms with van der Waals surface area (Å²) in [5, 5.41) is 0. The molecule has 0 unspecified atom stereocenters. The normalized spacial score (nSPS) is 18.9. The van der Waals surface area contributed by atoms with E-state index in [1.165, 1.54) is 24.7 Å². The third kappa shape index (κ3) is 3.39. The molecule has 0 aliphatic carbocycles. The minimum Gasteiger partial charge on any atom is -0.472 e. The Morgan fingerprint density at radius 1 is 1.17 bits per heavy atom. The number of rotatable bonds is 2. The molecule has 1 aromatic heterocycles. The maximum absolute atomic E-state index is 12.6. The Kier molecular flexibility index (Phi) is 4.12. The summed E-state index contributed by atoms with van der Waals surface area (Å²) in [5.74, 6) is -0.182. The van der Waals surface area contributed by atoms with E-state index in [0.717, 1.165) is 12.1 Å². The first-order valence-corrected chi connectivity index (χ1v) is 7.05. The molecule has 2 heterocycles. The van der Waals surface area contributed by atoms with E-state index in [-0.39, 0.29) is 12.5 Å². The van der Waals surface area contributed by atoms with Crippen LogP contribution >= 0.6 is 0 Å². The lowest BCUT2D eigenvalue weighted by molar-refractivity contribution is -0.137. The molecule has 1 fully saturated rings. The van der Waals surface area contributed by atoms with Crippen LogP contribution < -0.4 is 0 Å². The number of benzene rings is 1. The summed E-state index contributed by atoms with van der Waals surface area (Å²) < 4.78 is 48.3. The lowest BCUT2D eigenvalue weighted by Crippen LogP contribution is -2.42. The van der Waals surface area contributed by atoms with Gasteiger partial charge in [-0.25, -0.2) is 0 Å². The van der Waals surface area contributed by atoms with Crippen molar-refractivity contribution in [3.8, 4) is 0 Å². The van der Waals surface area contributed by atoms with Crippen molar-refractivity contribution in [3.05, 3.63) is 59.5 Å². The molecule has 1 aliphatic heterocycles.